The van der Waals surface area contributed by atoms with Crippen LogP contribution in [0.4, 0.5) is 0 Å². The highest BCUT2D eigenvalue weighted by atomic mass is 16.5. The summed E-state index contributed by atoms with van der Waals surface area (Å²) in [5, 5.41) is 2.15. The number of esters is 1. The minimum atomic E-state index is -0.344. The smallest absolute Gasteiger partial charge is 0.330 e. The topological polar surface area (TPSA) is 39.2 Å². The summed E-state index contributed by atoms with van der Waals surface area (Å²) in [5.74, 6) is -0.344. The molecular formula is C15H15NO2. The van der Waals surface area contributed by atoms with Crippen LogP contribution in [0.15, 0.2) is 36.5 Å². The maximum atomic E-state index is 11.3. The molecule has 0 N–H and O–H groups in total. The van der Waals surface area contributed by atoms with Gasteiger partial charge in [-0.15, -0.1) is 0 Å². The van der Waals surface area contributed by atoms with Crippen molar-refractivity contribution >= 4 is 22.8 Å². The van der Waals surface area contributed by atoms with Gasteiger partial charge in [0.05, 0.1) is 12.3 Å². The van der Waals surface area contributed by atoms with Crippen LogP contribution in [0.5, 0.6) is 0 Å². The van der Waals surface area contributed by atoms with Crippen LogP contribution in [0, 0.1) is 6.92 Å². The van der Waals surface area contributed by atoms with Crippen molar-refractivity contribution < 1.29 is 9.53 Å². The summed E-state index contributed by atoms with van der Waals surface area (Å²) in [5.41, 5.74) is 1.95. The molecule has 0 amide bonds. The Kier molecular flexibility index (Phi) is 3.72. The molecule has 0 radical (unpaired) electrons. The van der Waals surface area contributed by atoms with Gasteiger partial charge in [0.25, 0.3) is 0 Å². The molecule has 0 saturated heterocycles. The fourth-order valence-corrected chi connectivity index (χ4v) is 1.77. The molecule has 92 valence electrons. The molecule has 0 aliphatic heterocycles. The minimum absolute atomic E-state index is 0.344. The van der Waals surface area contributed by atoms with Gasteiger partial charge in [-0.3, -0.25) is 4.98 Å². The maximum absolute atomic E-state index is 11.3. The number of rotatable bonds is 3. The zero-order valence-electron chi connectivity index (χ0n) is 10.5. The molecule has 1 heterocycles. The summed E-state index contributed by atoms with van der Waals surface area (Å²) < 4.78 is 4.85. The monoisotopic (exact) mass is 241 g/mol. The van der Waals surface area contributed by atoms with Crippen LogP contribution in [0.1, 0.15) is 18.2 Å². The van der Waals surface area contributed by atoms with E-state index < -0.39 is 0 Å². The molecule has 0 saturated carbocycles. The highest BCUT2D eigenvalue weighted by molar-refractivity contribution is 5.93. The Hall–Kier alpha value is -2.16. The van der Waals surface area contributed by atoms with Crippen molar-refractivity contribution in [3.63, 3.8) is 0 Å². The summed E-state index contributed by atoms with van der Waals surface area (Å²) >= 11 is 0. The Balaban J connectivity index is 2.38. The standard InChI is InChI=1S/C15H15NO2/c1-3-18-15(17)7-6-14-13-10-11(2)4-5-12(13)8-9-16-14/h4-10H,3H2,1-2H3/b7-6+. The van der Waals surface area contributed by atoms with Crippen molar-refractivity contribution in [2.45, 2.75) is 13.8 Å². The fraction of sp³-hybridized carbons (Fsp3) is 0.200. The van der Waals surface area contributed by atoms with E-state index >= 15 is 0 Å². The zero-order chi connectivity index (χ0) is 13.0. The minimum Gasteiger partial charge on any atom is -0.463 e. The van der Waals surface area contributed by atoms with Crippen LogP contribution in [-0.2, 0) is 9.53 Å². The Labute approximate surface area is 106 Å². The molecule has 3 heteroatoms. The van der Waals surface area contributed by atoms with Crippen molar-refractivity contribution in [3.8, 4) is 0 Å². The maximum Gasteiger partial charge on any atom is 0.330 e. The molecule has 0 spiro atoms. The first-order valence-corrected chi connectivity index (χ1v) is 5.91. The second-order valence-corrected chi connectivity index (χ2v) is 4.01. The summed E-state index contributed by atoms with van der Waals surface area (Å²) in [6, 6.07) is 8.12. The van der Waals surface area contributed by atoms with E-state index in [4.69, 9.17) is 4.74 Å². The molecule has 0 bridgehead atoms. The fourth-order valence-electron chi connectivity index (χ4n) is 1.77. The van der Waals surface area contributed by atoms with Crippen molar-refractivity contribution in [2.24, 2.45) is 0 Å². The number of benzene rings is 1. The van der Waals surface area contributed by atoms with Gasteiger partial charge in [-0.1, -0.05) is 17.7 Å². The van der Waals surface area contributed by atoms with Crippen LogP contribution in [0.3, 0.4) is 0 Å². The lowest BCUT2D eigenvalue weighted by Gasteiger charge is -2.02. The zero-order valence-corrected chi connectivity index (χ0v) is 10.5. The van der Waals surface area contributed by atoms with Crippen molar-refractivity contribution in [1.29, 1.82) is 0 Å². The lowest BCUT2D eigenvalue weighted by atomic mass is 10.1. The third-order valence-corrected chi connectivity index (χ3v) is 2.62. The lowest BCUT2D eigenvalue weighted by molar-refractivity contribution is -0.137. The number of carbonyl (C=O) groups is 1. The molecule has 2 rings (SSSR count). The Morgan fingerprint density at radius 1 is 1.39 bits per heavy atom. The van der Waals surface area contributed by atoms with Crippen LogP contribution < -0.4 is 0 Å². The predicted molar refractivity (Wildman–Crippen MR) is 72.1 cm³/mol. The van der Waals surface area contributed by atoms with Crippen LogP contribution in [0.25, 0.3) is 16.8 Å². The molecule has 0 aliphatic rings. The Morgan fingerprint density at radius 3 is 3.00 bits per heavy atom. The van der Waals surface area contributed by atoms with E-state index in [2.05, 4.69) is 17.1 Å². The Bertz CT molecular complexity index is 602. The first-order chi connectivity index (χ1) is 8.70. The number of carbonyl (C=O) groups excluding carboxylic acids is 1. The SMILES string of the molecule is CCOC(=O)/C=C/c1nccc2ccc(C)cc12. The van der Waals surface area contributed by atoms with E-state index in [1.165, 1.54) is 11.6 Å². The molecule has 1 aromatic carbocycles. The number of hydrogen-bond donors (Lipinski definition) is 0. The molecule has 2 aromatic rings. The molecule has 0 unspecified atom stereocenters. The number of aromatic nitrogens is 1. The van der Waals surface area contributed by atoms with Gasteiger partial charge in [0.2, 0.25) is 0 Å². The first kappa shape index (κ1) is 12.3. The third-order valence-electron chi connectivity index (χ3n) is 2.62. The molecule has 0 fully saturated rings. The lowest BCUT2D eigenvalue weighted by Crippen LogP contribution is -1.98. The predicted octanol–water partition coefficient (Wildman–Crippen LogP) is 3.12. The van der Waals surface area contributed by atoms with E-state index in [1.807, 2.05) is 19.1 Å². The van der Waals surface area contributed by atoms with Crippen molar-refractivity contribution in [2.75, 3.05) is 6.61 Å². The number of pyridine rings is 1. The normalized spacial score (nSPS) is 11.0. The van der Waals surface area contributed by atoms with Gasteiger partial charge in [0.1, 0.15) is 0 Å². The molecular weight excluding hydrogens is 226 g/mol. The highest BCUT2D eigenvalue weighted by Gasteiger charge is 2.01. The number of ether oxygens (including phenoxy) is 1. The summed E-state index contributed by atoms with van der Waals surface area (Å²) in [6.45, 7) is 4.20. The average molecular weight is 241 g/mol. The number of nitrogens with zero attached hydrogens (tertiary/aromatic N) is 1. The quantitative estimate of drug-likeness (QED) is 0.612. The van der Waals surface area contributed by atoms with Gasteiger partial charge >= 0.3 is 5.97 Å². The summed E-state index contributed by atoms with van der Waals surface area (Å²) in [4.78, 5) is 15.6. The van der Waals surface area contributed by atoms with Crippen LogP contribution in [0.2, 0.25) is 0 Å². The van der Waals surface area contributed by atoms with Gasteiger partial charge in [0, 0.05) is 17.7 Å². The number of aryl methyl sites for hydroxylation is 1. The van der Waals surface area contributed by atoms with Crippen LogP contribution in [-0.4, -0.2) is 17.6 Å². The van der Waals surface area contributed by atoms with Gasteiger partial charge in [-0.25, -0.2) is 4.79 Å². The second kappa shape index (κ2) is 5.45. The largest absolute Gasteiger partial charge is 0.463 e. The number of hydrogen-bond acceptors (Lipinski definition) is 3. The van der Waals surface area contributed by atoms with E-state index in [0.717, 1.165) is 16.5 Å². The average Bonchev–Trinajstić information content (AvgIpc) is 2.36. The molecule has 0 atom stereocenters. The third kappa shape index (κ3) is 2.74. The van der Waals surface area contributed by atoms with E-state index in [1.54, 1.807) is 19.2 Å². The van der Waals surface area contributed by atoms with Gasteiger partial charge in [-0.05, 0) is 37.4 Å². The molecule has 1 aromatic heterocycles. The molecule has 0 aliphatic carbocycles. The van der Waals surface area contributed by atoms with E-state index in [-0.39, 0.29) is 5.97 Å². The van der Waals surface area contributed by atoms with E-state index in [9.17, 15) is 4.79 Å². The molecule has 3 nitrogen and oxygen atoms in total. The first-order valence-electron chi connectivity index (χ1n) is 5.91. The second-order valence-electron chi connectivity index (χ2n) is 4.01. The summed E-state index contributed by atoms with van der Waals surface area (Å²) in [7, 11) is 0. The van der Waals surface area contributed by atoms with Gasteiger partial charge in [0.15, 0.2) is 0 Å². The summed E-state index contributed by atoms with van der Waals surface area (Å²) in [6.07, 6.45) is 4.84. The van der Waals surface area contributed by atoms with Crippen LogP contribution >= 0.6 is 0 Å². The van der Waals surface area contributed by atoms with Gasteiger partial charge < -0.3 is 4.74 Å². The highest BCUT2D eigenvalue weighted by Crippen LogP contribution is 2.19. The van der Waals surface area contributed by atoms with Crippen molar-refractivity contribution in [3.05, 3.63) is 47.8 Å². The van der Waals surface area contributed by atoms with Crippen molar-refractivity contribution in [1.82, 2.24) is 4.98 Å². The molecule has 18 heavy (non-hydrogen) atoms. The number of fused-ring (bicyclic) bond motifs is 1. The Morgan fingerprint density at radius 2 is 2.22 bits per heavy atom. The van der Waals surface area contributed by atoms with Gasteiger partial charge in [-0.2, -0.15) is 0 Å². The van der Waals surface area contributed by atoms with E-state index in [0.29, 0.717) is 6.61 Å².